The maximum absolute atomic E-state index is 12.7. The maximum Gasteiger partial charge on any atom is 0.362 e. The monoisotopic (exact) mass is 873 g/mol. The van der Waals surface area contributed by atoms with Gasteiger partial charge in [0.15, 0.2) is 12.1 Å². The van der Waals surface area contributed by atoms with Crippen LogP contribution in [0.5, 0.6) is 0 Å². The number of quaternary nitrogens is 1. The van der Waals surface area contributed by atoms with Gasteiger partial charge >= 0.3 is 17.9 Å². The second kappa shape index (κ2) is 44.1. The molecule has 0 aliphatic rings. The molecule has 0 radical (unpaired) electrons. The minimum absolute atomic E-state index is 0.0127. The van der Waals surface area contributed by atoms with Crippen LogP contribution in [0.25, 0.3) is 0 Å². The Bertz CT molecular complexity index is 1480. The standard InChI is InChI=1S/C55H85NO7/c1-6-8-10-12-14-16-18-20-22-24-25-26-27-28-29-30-32-33-35-37-39-41-43-45-53(57)62-50-51(49-61-48-47-52(55(59)60)56(3,4)5)63-54(58)46-44-42-40-38-36-34-31-23-21-19-17-15-13-11-9-7-2/h8-11,14-17,20-23,25-26,28-29,32-34,36,40,42,51-52H,6-7,12-13,18-19,24,27,30-31,35,37-39,41,43-50H2,1-5H3/p+1/b10-8+,11-9+,16-14+,17-15+,22-20+,23-21+,26-25+,29-28+,33-32+,36-34+,42-40+. The van der Waals surface area contributed by atoms with E-state index in [-0.39, 0.29) is 36.7 Å². The van der Waals surface area contributed by atoms with Crippen LogP contribution in [0.3, 0.4) is 0 Å². The number of nitrogens with zero attached hydrogens (tertiary/aromatic N) is 1. The Hall–Kier alpha value is -4.53. The number of ether oxygens (including phenoxy) is 3. The molecule has 0 spiro atoms. The molecule has 63 heavy (non-hydrogen) atoms. The number of hydrogen-bond donors (Lipinski definition) is 1. The van der Waals surface area contributed by atoms with Crippen LogP contribution >= 0.6 is 0 Å². The van der Waals surface area contributed by atoms with Crippen LogP contribution in [0.4, 0.5) is 0 Å². The third-order valence-electron chi connectivity index (χ3n) is 9.56. The van der Waals surface area contributed by atoms with Crippen molar-refractivity contribution in [1.29, 1.82) is 0 Å². The summed E-state index contributed by atoms with van der Waals surface area (Å²) in [6, 6.07) is -0.641. The van der Waals surface area contributed by atoms with Crippen LogP contribution in [0.2, 0.25) is 0 Å². The third-order valence-corrected chi connectivity index (χ3v) is 9.56. The van der Waals surface area contributed by atoms with Gasteiger partial charge < -0.3 is 23.8 Å². The van der Waals surface area contributed by atoms with E-state index in [1.807, 2.05) is 33.3 Å². The van der Waals surface area contributed by atoms with Gasteiger partial charge in [0.25, 0.3) is 0 Å². The number of carboxylic acids is 1. The number of allylic oxidation sites excluding steroid dienone is 22. The summed E-state index contributed by atoms with van der Waals surface area (Å²) in [5, 5.41) is 9.63. The summed E-state index contributed by atoms with van der Waals surface area (Å²) in [6.07, 6.45) is 63.7. The molecule has 0 bridgehead atoms. The second-order valence-electron chi connectivity index (χ2n) is 16.2. The number of rotatable bonds is 40. The second-order valence-corrected chi connectivity index (χ2v) is 16.2. The summed E-state index contributed by atoms with van der Waals surface area (Å²) in [6.45, 7) is 4.37. The van der Waals surface area contributed by atoms with Crippen LogP contribution < -0.4 is 0 Å². The fraction of sp³-hybridized carbons (Fsp3) is 0.545. The Kier molecular flexibility index (Phi) is 40.9. The van der Waals surface area contributed by atoms with Crippen molar-refractivity contribution in [3.63, 3.8) is 0 Å². The van der Waals surface area contributed by atoms with Crippen LogP contribution in [0.1, 0.15) is 142 Å². The van der Waals surface area contributed by atoms with Gasteiger partial charge in [-0.05, 0) is 96.3 Å². The molecule has 0 fully saturated rings. The molecular weight excluding hydrogens is 787 g/mol. The number of likely N-dealkylation sites (N-methyl/N-ethyl adjacent to an activating group) is 1. The highest BCUT2D eigenvalue weighted by Gasteiger charge is 2.31. The molecule has 352 valence electrons. The van der Waals surface area contributed by atoms with E-state index in [0.717, 1.165) is 103 Å². The lowest BCUT2D eigenvalue weighted by atomic mass is 10.1. The zero-order chi connectivity index (χ0) is 46.3. The molecule has 0 aliphatic carbocycles. The number of carbonyl (C=O) groups excluding carboxylic acids is 2. The average molecular weight is 873 g/mol. The molecule has 0 saturated carbocycles. The summed E-state index contributed by atoms with van der Waals surface area (Å²) in [7, 11) is 5.48. The molecule has 0 aromatic carbocycles. The van der Waals surface area contributed by atoms with E-state index in [1.165, 1.54) is 0 Å². The summed E-state index contributed by atoms with van der Waals surface area (Å²) >= 11 is 0. The molecule has 0 heterocycles. The largest absolute Gasteiger partial charge is 0.477 e. The number of hydrogen-bond acceptors (Lipinski definition) is 6. The van der Waals surface area contributed by atoms with Gasteiger partial charge in [0.2, 0.25) is 0 Å². The molecule has 8 heteroatoms. The van der Waals surface area contributed by atoms with Gasteiger partial charge in [0, 0.05) is 19.3 Å². The molecule has 0 aromatic rings. The minimum atomic E-state index is -0.897. The van der Waals surface area contributed by atoms with Crippen molar-refractivity contribution in [2.24, 2.45) is 0 Å². The van der Waals surface area contributed by atoms with Gasteiger partial charge in [-0.3, -0.25) is 9.59 Å². The molecule has 2 unspecified atom stereocenters. The molecule has 0 saturated heterocycles. The van der Waals surface area contributed by atoms with Crippen LogP contribution in [-0.4, -0.2) is 80.6 Å². The van der Waals surface area contributed by atoms with Crippen molar-refractivity contribution in [3.05, 3.63) is 134 Å². The van der Waals surface area contributed by atoms with Gasteiger partial charge in [-0.1, -0.05) is 160 Å². The SMILES string of the molecule is CC/C=C/C/C=C/C/C=C/C/C=C/C/C=C/C/C=C/CCCCCCC(=O)OCC(COCCC(C(=O)O)[N+](C)(C)C)OC(=O)CC/C=C/C/C=C/C/C=C/C/C=C/C/C=C/CC. The quantitative estimate of drug-likeness (QED) is 0.0283. The third kappa shape index (κ3) is 42.5. The van der Waals surface area contributed by atoms with E-state index < -0.39 is 24.1 Å². The number of unbranched alkanes of at least 4 members (excludes halogenated alkanes) is 4. The first kappa shape index (κ1) is 58.5. The van der Waals surface area contributed by atoms with E-state index in [9.17, 15) is 19.5 Å². The number of aliphatic carboxylic acids is 1. The normalized spacial score (nSPS) is 14.1. The van der Waals surface area contributed by atoms with E-state index in [1.54, 1.807) is 0 Å². The zero-order valence-electron chi connectivity index (χ0n) is 40.0. The van der Waals surface area contributed by atoms with Crippen molar-refractivity contribution in [2.75, 3.05) is 41.0 Å². The highest BCUT2D eigenvalue weighted by molar-refractivity contribution is 5.72. The summed E-state index contributed by atoms with van der Waals surface area (Å²) in [5.74, 6) is -1.63. The first-order chi connectivity index (χ1) is 30.6. The lowest BCUT2D eigenvalue weighted by Gasteiger charge is -2.31. The van der Waals surface area contributed by atoms with Crippen molar-refractivity contribution >= 4 is 17.9 Å². The van der Waals surface area contributed by atoms with Crippen molar-refractivity contribution in [3.8, 4) is 0 Å². The van der Waals surface area contributed by atoms with Crippen LogP contribution in [0.15, 0.2) is 134 Å². The predicted molar refractivity (Wildman–Crippen MR) is 265 cm³/mol. The smallest absolute Gasteiger partial charge is 0.362 e. The number of carboxylic acid groups (broad SMARTS) is 1. The lowest BCUT2D eigenvalue weighted by Crippen LogP contribution is -2.50. The Balaban J connectivity index is 4.46. The van der Waals surface area contributed by atoms with Gasteiger partial charge in [-0.25, -0.2) is 4.79 Å². The van der Waals surface area contributed by atoms with Gasteiger partial charge in [0.05, 0.1) is 34.4 Å². The molecule has 0 amide bonds. The van der Waals surface area contributed by atoms with E-state index >= 15 is 0 Å². The average Bonchev–Trinajstić information content (AvgIpc) is 3.24. The molecule has 0 rings (SSSR count). The van der Waals surface area contributed by atoms with Crippen molar-refractivity contribution in [2.45, 2.75) is 154 Å². The number of esters is 2. The Labute approximate surface area is 383 Å². The topological polar surface area (TPSA) is 99.1 Å². The fourth-order valence-corrected chi connectivity index (χ4v) is 5.97. The molecule has 0 aromatic heterocycles. The Morgan fingerprint density at radius 1 is 0.476 bits per heavy atom. The summed E-state index contributed by atoms with van der Waals surface area (Å²) in [5.41, 5.74) is 0. The molecule has 1 N–H and O–H groups in total. The lowest BCUT2D eigenvalue weighted by molar-refractivity contribution is -0.887. The van der Waals surface area contributed by atoms with E-state index in [2.05, 4.69) is 135 Å². The molecular formula is C55H86NO7+. The van der Waals surface area contributed by atoms with Gasteiger partial charge in [0.1, 0.15) is 6.61 Å². The first-order valence-corrected chi connectivity index (χ1v) is 23.7. The van der Waals surface area contributed by atoms with E-state index in [0.29, 0.717) is 19.3 Å². The summed E-state index contributed by atoms with van der Waals surface area (Å²) < 4.78 is 17.2. The number of carbonyl (C=O) groups is 3. The molecule has 8 nitrogen and oxygen atoms in total. The molecule has 0 aliphatic heterocycles. The Morgan fingerprint density at radius 2 is 0.873 bits per heavy atom. The summed E-state index contributed by atoms with van der Waals surface area (Å²) in [4.78, 5) is 37.0. The maximum atomic E-state index is 12.7. The van der Waals surface area contributed by atoms with E-state index in [4.69, 9.17) is 14.2 Å². The van der Waals surface area contributed by atoms with Crippen LogP contribution in [0, 0.1) is 0 Å². The first-order valence-electron chi connectivity index (χ1n) is 23.7. The fourth-order valence-electron chi connectivity index (χ4n) is 5.97. The predicted octanol–water partition coefficient (Wildman–Crippen LogP) is 13.6. The minimum Gasteiger partial charge on any atom is -0.477 e. The molecule has 2 atom stereocenters. The Morgan fingerprint density at radius 3 is 1.29 bits per heavy atom. The highest BCUT2D eigenvalue weighted by Crippen LogP contribution is 2.11. The van der Waals surface area contributed by atoms with Crippen LogP contribution in [-0.2, 0) is 28.6 Å². The zero-order valence-corrected chi connectivity index (χ0v) is 40.0. The van der Waals surface area contributed by atoms with Gasteiger partial charge in [-0.15, -0.1) is 0 Å². The van der Waals surface area contributed by atoms with Crippen molar-refractivity contribution in [1.82, 2.24) is 0 Å². The highest BCUT2D eigenvalue weighted by atomic mass is 16.6. The van der Waals surface area contributed by atoms with Crippen molar-refractivity contribution < 1.29 is 38.2 Å². The van der Waals surface area contributed by atoms with Gasteiger partial charge in [-0.2, -0.15) is 0 Å².